The Morgan fingerprint density at radius 1 is 0.829 bits per heavy atom. The number of carboxylic acid groups (broad SMARTS) is 1. The van der Waals surface area contributed by atoms with Crippen LogP contribution in [0.1, 0.15) is 25.0 Å². The van der Waals surface area contributed by atoms with Crippen LogP contribution >= 0.6 is 0 Å². The smallest absolute Gasteiger partial charge is 0.326 e. The largest absolute Gasteiger partial charge is 0.508 e. The van der Waals surface area contributed by atoms with Crippen molar-refractivity contribution in [2.45, 2.75) is 63.1 Å². The van der Waals surface area contributed by atoms with E-state index in [1.54, 1.807) is 12.3 Å². The topological polar surface area (TPSA) is 227 Å². The van der Waals surface area contributed by atoms with Crippen molar-refractivity contribution in [3.05, 3.63) is 65.9 Å². The number of phenolic OH excluding ortho intramolecular Hbond substituents is 1. The summed E-state index contributed by atoms with van der Waals surface area (Å²) in [5.74, 6) is -3.98. The number of phenols is 1. The predicted molar refractivity (Wildman–Crippen MR) is 149 cm³/mol. The van der Waals surface area contributed by atoms with Crippen molar-refractivity contribution >= 4 is 34.6 Å². The number of rotatable bonds is 13. The molecule has 220 valence electrons. The molecule has 0 aliphatic carbocycles. The normalized spacial score (nSPS) is 15.6. The van der Waals surface area contributed by atoms with Crippen molar-refractivity contribution in [1.82, 2.24) is 20.9 Å². The predicted octanol–water partition coefficient (Wildman–Crippen LogP) is -0.713. The van der Waals surface area contributed by atoms with Gasteiger partial charge in [-0.3, -0.25) is 14.4 Å². The molecule has 0 radical (unpaired) electrons. The molecule has 13 heteroatoms. The highest BCUT2D eigenvalue weighted by Crippen LogP contribution is 2.19. The van der Waals surface area contributed by atoms with Crippen LogP contribution in [0.3, 0.4) is 0 Å². The molecule has 0 bridgehead atoms. The first kappa shape index (κ1) is 31.1. The SMILES string of the molecule is CC(O)C(N)C(=O)NC(Cc1ccc(O)cc1)C(=O)NC(C(=O)NC(Cc1c[nH]c2ccccc12)C(=O)O)C(C)O. The Kier molecular flexibility index (Phi) is 10.4. The van der Waals surface area contributed by atoms with E-state index in [1.165, 1.54) is 38.1 Å². The molecule has 13 nitrogen and oxygen atoms in total. The Morgan fingerprint density at radius 2 is 1.46 bits per heavy atom. The van der Waals surface area contributed by atoms with E-state index in [0.29, 0.717) is 11.1 Å². The monoisotopic (exact) mass is 569 g/mol. The number of aliphatic hydroxyl groups excluding tert-OH is 2. The summed E-state index contributed by atoms with van der Waals surface area (Å²) in [6.07, 6.45) is -1.16. The number of carboxylic acids is 1. The number of para-hydroxylation sites is 1. The van der Waals surface area contributed by atoms with Crippen molar-refractivity contribution in [3.8, 4) is 5.75 Å². The first-order valence-electron chi connectivity index (χ1n) is 13.0. The summed E-state index contributed by atoms with van der Waals surface area (Å²) < 4.78 is 0. The number of fused-ring (bicyclic) bond motifs is 1. The van der Waals surface area contributed by atoms with Gasteiger partial charge in [-0.1, -0.05) is 30.3 Å². The Balaban J connectivity index is 1.77. The number of aromatic nitrogens is 1. The number of aliphatic carboxylic acids is 1. The number of nitrogens with one attached hydrogen (secondary N) is 4. The number of aromatic amines is 1. The van der Waals surface area contributed by atoms with Crippen molar-refractivity contribution in [3.63, 3.8) is 0 Å². The van der Waals surface area contributed by atoms with E-state index in [4.69, 9.17) is 5.73 Å². The molecule has 0 spiro atoms. The number of hydrogen-bond donors (Lipinski definition) is 9. The van der Waals surface area contributed by atoms with Crippen LogP contribution in [0.4, 0.5) is 0 Å². The second-order valence-corrected chi connectivity index (χ2v) is 9.89. The van der Waals surface area contributed by atoms with Crippen molar-refractivity contribution < 1.29 is 39.6 Å². The number of carbonyl (C=O) groups excluding carboxylic acids is 3. The van der Waals surface area contributed by atoms with E-state index >= 15 is 0 Å². The number of H-pyrrole nitrogens is 1. The van der Waals surface area contributed by atoms with Gasteiger partial charge in [0.1, 0.15) is 29.9 Å². The average Bonchev–Trinajstić information content (AvgIpc) is 3.33. The van der Waals surface area contributed by atoms with E-state index < -0.39 is 60.1 Å². The number of carbonyl (C=O) groups is 4. The van der Waals surface area contributed by atoms with Gasteiger partial charge >= 0.3 is 5.97 Å². The van der Waals surface area contributed by atoms with Gasteiger partial charge in [-0.2, -0.15) is 0 Å². The molecule has 3 aromatic rings. The number of hydrogen-bond acceptors (Lipinski definition) is 8. The summed E-state index contributed by atoms with van der Waals surface area (Å²) in [6.45, 7) is 2.55. The maximum atomic E-state index is 13.3. The van der Waals surface area contributed by atoms with Crippen LogP contribution in [-0.2, 0) is 32.0 Å². The molecule has 2 aromatic carbocycles. The number of aliphatic hydroxyl groups is 2. The minimum absolute atomic E-state index is 0.0126. The van der Waals surface area contributed by atoms with Crippen LogP contribution in [-0.4, -0.2) is 85.5 Å². The van der Waals surface area contributed by atoms with Crippen molar-refractivity contribution in [2.24, 2.45) is 5.73 Å². The maximum Gasteiger partial charge on any atom is 0.326 e. The molecule has 6 unspecified atom stereocenters. The summed E-state index contributed by atoms with van der Waals surface area (Å²) in [7, 11) is 0. The summed E-state index contributed by atoms with van der Waals surface area (Å²) >= 11 is 0. The summed E-state index contributed by atoms with van der Waals surface area (Å²) in [5.41, 5.74) is 7.69. The lowest BCUT2D eigenvalue weighted by Gasteiger charge is -2.27. The average molecular weight is 570 g/mol. The Bertz CT molecular complexity index is 1370. The van der Waals surface area contributed by atoms with E-state index in [-0.39, 0.29) is 18.6 Å². The highest BCUT2D eigenvalue weighted by atomic mass is 16.4. The van der Waals surface area contributed by atoms with Crippen molar-refractivity contribution in [2.75, 3.05) is 0 Å². The molecule has 10 N–H and O–H groups in total. The third-order valence-electron chi connectivity index (χ3n) is 6.61. The van der Waals surface area contributed by atoms with Crippen LogP contribution in [0.25, 0.3) is 10.9 Å². The Morgan fingerprint density at radius 3 is 2.07 bits per heavy atom. The number of aromatic hydroxyl groups is 1. The van der Waals surface area contributed by atoms with Gasteiger partial charge < -0.3 is 47.1 Å². The summed E-state index contributed by atoms with van der Waals surface area (Å²) in [5, 5.41) is 47.4. The fraction of sp³-hybridized carbons (Fsp3) is 0.357. The van der Waals surface area contributed by atoms with Crippen LogP contribution in [0.2, 0.25) is 0 Å². The number of nitrogens with two attached hydrogens (primary N) is 1. The quantitative estimate of drug-likeness (QED) is 0.126. The van der Waals surface area contributed by atoms with Gasteiger partial charge in [0, 0.05) is 29.9 Å². The first-order chi connectivity index (χ1) is 19.4. The molecule has 41 heavy (non-hydrogen) atoms. The second kappa shape index (κ2) is 13.7. The molecule has 0 aliphatic heterocycles. The minimum atomic E-state index is -1.57. The number of amides is 3. The van der Waals surface area contributed by atoms with Gasteiger partial charge in [0.15, 0.2) is 0 Å². The van der Waals surface area contributed by atoms with Crippen LogP contribution in [0, 0.1) is 0 Å². The summed E-state index contributed by atoms with van der Waals surface area (Å²) in [4.78, 5) is 54.0. The van der Waals surface area contributed by atoms with Gasteiger partial charge in [-0.25, -0.2) is 4.79 Å². The highest BCUT2D eigenvalue weighted by Gasteiger charge is 2.33. The van der Waals surface area contributed by atoms with E-state index in [9.17, 15) is 39.6 Å². The Labute approximate surface area is 235 Å². The molecular formula is C28H35N5O8. The lowest BCUT2D eigenvalue weighted by atomic mass is 10.0. The highest BCUT2D eigenvalue weighted by molar-refractivity contribution is 5.95. The zero-order valence-corrected chi connectivity index (χ0v) is 22.6. The first-order valence-corrected chi connectivity index (χ1v) is 13.0. The van der Waals surface area contributed by atoms with E-state index in [2.05, 4.69) is 20.9 Å². The van der Waals surface area contributed by atoms with Crippen molar-refractivity contribution in [1.29, 1.82) is 0 Å². The van der Waals surface area contributed by atoms with Gasteiger partial charge in [0.05, 0.1) is 12.2 Å². The molecule has 3 amide bonds. The maximum absolute atomic E-state index is 13.3. The molecule has 3 rings (SSSR count). The fourth-order valence-corrected chi connectivity index (χ4v) is 4.21. The van der Waals surface area contributed by atoms with Gasteiger partial charge in [0.25, 0.3) is 0 Å². The third kappa shape index (κ3) is 8.27. The van der Waals surface area contributed by atoms with E-state index in [0.717, 1.165) is 10.9 Å². The molecule has 6 atom stereocenters. The van der Waals surface area contributed by atoms with E-state index in [1.807, 2.05) is 18.2 Å². The molecule has 0 aliphatic rings. The van der Waals surface area contributed by atoms with Crippen LogP contribution in [0.15, 0.2) is 54.7 Å². The lowest BCUT2D eigenvalue weighted by Crippen LogP contribution is -2.61. The molecule has 0 fully saturated rings. The second-order valence-electron chi connectivity index (χ2n) is 9.89. The molecule has 0 saturated carbocycles. The summed E-state index contributed by atoms with van der Waals surface area (Å²) in [6, 6.07) is 7.50. The fourth-order valence-electron chi connectivity index (χ4n) is 4.21. The molecule has 1 heterocycles. The van der Waals surface area contributed by atoms with Crippen LogP contribution in [0.5, 0.6) is 5.75 Å². The lowest BCUT2D eigenvalue weighted by molar-refractivity contribution is -0.143. The van der Waals surface area contributed by atoms with Gasteiger partial charge in [-0.15, -0.1) is 0 Å². The minimum Gasteiger partial charge on any atom is -0.508 e. The standard InChI is InChI=1S/C28H35N5O8/c1-14(34)23(29)26(38)31-21(11-16-7-9-18(36)10-8-16)25(37)33-24(15(2)35)27(39)32-22(28(40)41)12-17-13-30-20-6-4-3-5-19(17)20/h3-10,13-15,21-24,30,34-36H,11-12,29H2,1-2H3,(H,31,38)(H,32,39)(H,33,37)(H,40,41). The molecule has 0 saturated heterocycles. The molecule has 1 aromatic heterocycles. The van der Waals surface area contributed by atoms with Gasteiger partial charge in [0.2, 0.25) is 17.7 Å². The molecular weight excluding hydrogens is 534 g/mol. The Hall–Kier alpha value is -4.46. The van der Waals surface area contributed by atoms with Gasteiger partial charge in [-0.05, 0) is 43.2 Å². The zero-order valence-electron chi connectivity index (χ0n) is 22.6. The van der Waals surface area contributed by atoms with Crippen LogP contribution < -0.4 is 21.7 Å². The number of benzene rings is 2. The third-order valence-corrected chi connectivity index (χ3v) is 6.61. The zero-order chi connectivity index (χ0) is 30.3.